The molecule has 0 amide bonds. The van der Waals surface area contributed by atoms with Gasteiger partial charge in [-0.2, -0.15) is 0 Å². The predicted octanol–water partition coefficient (Wildman–Crippen LogP) is 2.75. The lowest BCUT2D eigenvalue weighted by molar-refractivity contribution is 0.193. The van der Waals surface area contributed by atoms with E-state index in [2.05, 4.69) is 29.1 Å². The van der Waals surface area contributed by atoms with Gasteiger partial charge in [0.25, 0.3) is 0 Å². The van der Waals surface area contributed by atoms with Crippen LogP contribution in [0.25, 0.3) is 0 Å². The second-order valence-electron chi connectivity index (χ2n) is 4.54. The van der Waals surface area contributed by atoms with Gasteiger partial charge in [-0.25, -0.2) is 9.97 Å². The lowest BCUT2D eigenvalue weighted by Gasteiger charge is -2.09. The number of aromatic nitrogens is 2. The minimum atomic E-state index is 0.436. The molecule has 0 atom stereocenters. The van der Waals surface area contributed by atoms with E-state index >= 15 is 0 Å². The number of aryl methyl sites for hydroxylation is 1. The predicted molar refractivity (Wildman–Crippen MR) is 70.5 cm³/mol. The number of rotatable bonds is 7. The molecule has 17 heavy (non-hydrogen) atoms. The van der Waals surface area contributed by atoms with Crippen LogP contribution in [0.5, 0.6) is 0 Å². The third kappa shape index (κ3) is 5.13. The van der Waals surface area contributed by atoms with Crippen molar-refractivity contribution >= 4 is 5.95 Å². The molecular formula is C13H23N3O. The third-order valence-corrected chi connectivity index (χ3v) is 2.52. The summed E-state index contributed by atoms with van der Waals surface area (Å²) in [4.78, 5) is 8.88. The van der Waals surface area contributed by atoms with Gasteiger partial charge in [-0.05, 0) is 31.7 Å². The SMILES string of the molecule is COCCCCNc1nc(C)cc(C(C)C)n1. The van der Waals surface area contributed by atoms with Crippen LogP contribution in [-0.2, 0) is 4.74 Å². The molecule has 0 saturated carbocycles. The molecule has 1 aromatic rings. The summed E-state index contributed by atoms with van der Waals surface area (Å²) < 4.78 is 5.00. The molecule has 1 aromatic heterocycles. The highest BCUT2D eigenvalue weighted by Gasteiger charge is 2.05. The van der Waals surface area contributed by atoms with Gasteiger partial charge < -0.3 is 10.1 Å². The van der Waals surface area contributed by atoms with E-state index in [1.807, 2.05) is 13.0 Å². The van der Waals surface area contributed by atoms with Crippen molar-refractivity contribution in [1.82, 2.24) is 9.97 Å². The van der Waals surface area contributed by atoms with E-state index in [9.17, 15) is 0 Å². The molecule has 1 N–H and O–H groups in total. The van der Waals surface area contributed by atoms with Gasteiger partial charge in [0.1, 0.15) is 0 Å². The molecule has 0 spiro atoms. The van der Waals surface area contributed by atoms with Gasteiger partial charge in [0.15, 0.2) is 0 Å². The maximum atomic E-state index is 5.00. The first kappa shape index (κ1) is 13.9. The molecule has 1 heterocycles. The molecule has 0 unspecified atom stereocenters. The fourth-order valence-electron chi connectivity index (χ4n) is 1.54. The Morgan fingerprint density at radius 1 is 1.29 bits per heavy atom. The van der Waals surface area contributed by atoms with Crippen molar-refractivity contribution in [3.63, 3.8) is 0 Å². The molecule has 96 valence electrons. The Morgan fingerprint density at radius 2 is 2.06 bits per heavy atom. The van der Waals surface area contributed by atoms with Crippen LogP contribution in [0, 0.1) is 6.92 Å². The van der Waals surface area contributed by atoms with Gasteiger partial charge in [0.05, 0.1) is 0 Å². The molecule has 1 rings (SSSR count). The van der Waals surface area contributed by atoms with Gasteiger partial charge in [-0.1, -0.05) is 13.8 Å². The summed E-state index contributed by atoms with van der Waals surface area (Å²) in [5.74, 6) is 1.18. The van der Waals surface area contributed by atoms with Gasteiger partial charge in [0, 0.05) is 31.6 Å². The number of unbranched alkanes of at least 4 members (excludes halogenated alkanes) is 1. The van der Waals surface area contributed by atoms with Gasteiger partial charge in [-0.3, -0.25) is 0 Å². The second-order valence-corrected chi connectivity index (χ2v) is 4.54. The average Bonchev–Trinajstić information content (AvgIpc) is 2.28. The molecular weight excluding hydrogens is 214 g/mol. The van der Waals surface area contributed by atoms with Gasteiger partial charge in [-0.15, -0.1) is 0 Å². The molecule has 0 saturated heterocycles. The molecule has 0 radical (unpaired) electrons. The highest BCUT2D eigenvalue weighted by atomic mass is 16.5. The van der Waals surface area contributed by atoms with Crippen LogP contribution in [0.1, 0.15) is 44.0 Å². The van der Waals surface area contributed by atoms with E-state index in [0.717, 1.165) is 43.3 Å². The normalized spacial score (nSPS) is 10.9. The first-order chi connectivity index (χ1) is 8.13. The van der Waals surface area contributed by atoms with E-state index in [0.29, 0.717) is 5.92 Å². The zero-order valence-corrected chi connectivity index (χ0v) is 11.3. The molecule has 0 aromatic carbocycles. The maximum Gasteiger partial charge on any atom is 0.223 e. The number of hydrogen-bond donors (Lipinski definition) is 1. The van der Waals surface area contributed by atoms with Crippen LogP contribution in [0.4, 0.5) is 5.95 Å². The smallest absolute Gasteiger partial charge is 0.223 e. The lowest BCUT2D eigenvalue weighted by Crippen LogP contribution is -2.09. The molecule has 0 aliphatic heterocycles. The van der Waals surface area contributed by atoms with Crippen molar-refractivity contribution < 1.29 is 4.74 Å². The Morgan fingerprint density at radius 3 is 2.71 bits per heavy atom. The van der Waals surface area contributed by atoms with Crippen LogP contribution >= 0.6 is 0 Å². The maximum absolute atomic E-state index is 5.00. The number of ether oxygens (including phenoxy) is 1. The number of hydrogen-bond acceptors (Lipinski definition) is 4. The summed E-state index contributed by atoms with van der Waals surface area (Å²) in [7, 11) is 1.73. The highest BCUT2D eigenvalue weighted by molar-refractivity contribution is 5.28. The van der Waals surface area contributed by atoms with Gasteiger partial charge in [0.2, 0.25) is 5.95 Å². The van der Waals surface area contributed by atoms with Gasteiger partial charge >= 0.3 is 0 Å². The summed E-state index contributed by atoms with van der Waals surface area (Å²) in [6, 6.07) is 2.04. The second kappa shape index (κ2) is 7.22. The van der Waals surface area contributed by atoms with Crippen LogP contribution in [0.15, 0.2) is 6.07 Å². The van der Waals surface area contributed by atoms with Crippen molar-refractivity contribution in [2.45, 2.75) is 39.5 Å². The first-order valence-electron chi connectivity index (χ1n) is 6.22. The Labute approximate surface area is 104 Å². The zero-order valence-electron chi connectivity index (χ0n) is 11.3. The quantitative estimate of drug-likeness (QED) is 0.741. The van der Waals surface area contributed by atoms with Crippen molar-refractivity contribution in [3.8, 4) is 0 Å². The monoisotopic (exact) mass is 237 g/mol. The highest BCUT2D eigenvalue weighted by Crippen LogP contribution is 2.14. The summed E-state index contributed by atoms with van der Waals surface area (Å²) in [6.07, 6.45) is 2.13. The molecule has 4 heteroatoms. The van der Waals surface area contributed by atoms with E-state index in [4.69, 9.17) is 4.74 Å². The van der Waals surface area contributed by atoms with Crippen LogP contribution < -0.4 is 5.32 Å². The topological polar surface area (TPSA) is 47.0 Å². The lowest BCUT2D eigenvalue weighted by atomic mass is 10.1. The molecule has 0 aliphatic rings. The Kier molecular flexibility index (Phi) is 5.91. The summed E-state index contributed by atoms with van der Waals surface area (Å²) in [5, 5.41) is 3.26. The minimum Gasteiger partial charge on any atom is -0.385 e. The largest absolute Gasteiger partial charge is 0.385 e. The van der Waals surface area contributed by atoms with Crippen LogP contribution in [0.3, 0.4) is 0 Å². The van der Waals surface area contributed by atoms with E-state index < -0.39 is 0 Å². The number of methoxy groups -OCH3 is 1. The van der Waals surface area contributed by atoms with Crippen molar-refractivity contribution in [3.05, 3.63) is 17.5 Å². The third-order valence-electron chi connectivity index (χ3n) is 2.52. The zero-order chi connectivity index (χ0) is 12.7. The van der Waals surface area contributed by atoms with E-state index in [1.54, 1.807) is 7.11 Å². The molecule has 0 fully saturated rings. The summed E-state index contributed by atoms with van der Waals surface area (Å²) in [6.45, 7) is 8.00. The summed E-state index contributed by atoms with van der Waals surface area (Å²) in [5.41, 5.74) is 2.11. The Hall–Kier alpha value is -1.16. The van der Waals surface area contributed by atoms with E-state index in [-0.39, 0.29) is 0 Å². The average molecular weight is 237 g/mol. The number of nitrogens with one attached hydrogen (secondary N) is 1. The van der Waals surface area contributed by atoms with Crippen molar-refractivity contribution in [2.24, 2.45) is 0 Å². The standard InChI is InChI=1S/C13H23N3O/c1-10(2)12-9-11(3)15-13(16-12)14-7-5-6-8-17-4/h9-10H,5-8H2,1-4H3,(H,14,15,16). The fraction of sp³-hybridized carbons (Fsp3) is 0.692. The van der Waals surface area contributed by atoms with Crippen molar-refractivity contribution in [1.29, 1.82) is 0 Å². The Balaban J connectivity index is 2.47. The summed E-state index contributed by atoms with van der Waals surface area (Å²) >= 11 is 0. The number of anilines is 1. The molecule has 0 aliphatic carbocycles. The first-order valence-corrected chi connectivity index (χ1v) is 6.22. The Bertz CT molecular complexity index is 339. The number of nitrogens with zero attached hydrogens (tertiary/aromatic N) is 2. The van der Waals surface area contributed by atoms with E-state index in [1.165, 1.54) is 0 Å². The molecule has 4 nitrogen and oxygen atoms in total. The molecule has 0 bridgehead atoms. The van der Waals surface area contributed by atoms with Crippen LogP contribution in [-0.4, -0.2) is 30.2 Å². The fourth-order valence-corrected chi connectivity index (χ4v) is 1.54. The van der Waals surface area contributed by atoms with Crippen LogP contribution in [0.2, 0.25) is 0 Å². The van der Waals surface area contributed by atoms with Crippen molar-refractivity contribution in [2.75, 3.05) is 25.6 Å². The minimum absolute atomic E-state index is 0.436.